The average molecular weight is 362 g/mol. The fourth-order valence-corrected chi connectivity index (χ4v) is 3.45. The molecule has 0 amide bonds. The number of ether oxygens (including phenoxy) is 2. The molecule has 3 rings (SSSR count). The number of nitrogens with zero attached hydrogens (tertiary/aromatic N) is 1. The van der Waals surface area contributed by atoms with E-state index in [0.717, 1.165) is 18.8 Å². The van der Waals surface area contributed by atoms with Gasteiger partial charge in [-0.1, -0.05) is 18.2 Å². The summed E-state index contributed by atoms with van der Waals surface area (Å²) < 4.78 is 37.5. The van der Waals surface area contributed by atoms with Crippen molar-refractivity contribution >= 4 is 21.4 Å². The molecule has 6 nitrogen and oxygen atoms in total. The lowest BCUT2D eigenvalue weighted by molar-refractivity contribution is 0.0788. The van der Waals surface area contributed by atoms with Crippen molar-refractivity contribution in [2.75, 3.05) is 42.2 Å². The van der Waals surface area contributed by atoms with Gasteiger partial charge in [0.15, 0.2) is 0 Å². The van der Waals surface area contributed by atoms with Gasteiger partial charge in [0, 0.05) is 31.6 Å². The molecule has 1 N–H and O–H groups in total. The van der Waals surface area contributed by atoms with Gasteiger partial charge in [-0.15, -0.1) is 0 Å². The van der Waals surface area contributed by atoms with E-state index < -0.39 is 10.0 Å². The second-order valence-corrected chi connectivity index (χ2v) is 7.73. The molecular weight excluding hydrogens is 340 g/mol. The van der Waals surface area contributed by atoms with Gasteiger partial charge >= 0.3 is 0 Å². The minimum absolute atomic E-state index is 0.101. The van der Waals surface area contributed by atoms with E-state index in [9.17, 15) is 8.42 Å². The maximum absolute atomic E-state index is 12.1. The molecule has 0 aliphatic carbocycles. The Bertz CT molecular complexity index is 772. The van der Waals surface area contributed by atoms with Crippen LogP contribution in [0.15, 0.2) is 54.6 Å². The third-order valence-electron chi connectivity index (χ3n) is 4.05. The predicted molar refractivity (Wildman–Crippen MR) is 98.8 cm³/mol. The number of rotatable bonds is 8. The first-order valence-corrected chi connectivity index (χ1v) is 9.77. The zero-order valence-corrected chi connectivity index (χ0v) is 14.9. The molecule has 0 saturated carbocycles. The summed E-state index contributed by atoms with van der Waals surface area (Å²) in [6.07, 6.45) is 0.280. The highest BCUT2D eigenvalue weighted by Gasteiger charge is 2.26. The van der Waals surface area contributed by atoms with Crippen molar-refractivity contribution in [3.63, 3.8) is 0 Å². The first-order valence-electron chi connectivity index (χ1n) is 8.12. The Hall–Kier alpha value is -2.25. The minimum Gasteiger partial charge on any atom is -0.492 e. The molecule has 0 bridgehead atoms. The molecule has 1 saturated heterocycles. The van der Waals surface area contributed by atoms with E-state index >= 15 is 0 Å². The van der Waals surface area contributed by atoms with Crippen LogP contribution in [0, 0.1) is 0 Å². The average Bonchev–Trinajstić information content (AvgIpc) is 2.56. The number of anilines is 2. The molecule has 7 heteroatoms. The van der Waals surface area contributed by atoms with Gasteiger partial charge in [-0.05, 0) is 36.4 Å². The molecule has 0 radical (unpaired) electrons. The Balaban J connectivity index is 1.49. The fourth-order valence-electron chi connectivity index (χ4n) is 2.55. The number of nitrogens with one attached hydrogen (secondary N) is 1. The molecule has 2 aromatic rings. The van der Waals surface area contributed by atoms with Crippen molar-refractivity contribution < 1.29 is 17.9 Å². The number of sulfonamides is 1. The van der Waals surface area contributed by atoms with Crippen LogP contribution in [-0.2, 0) is 14.8 Å². The highest BCUT2D eigenvalue weighted by atomic mass is 32.2. The highest BCUT2D eigenvalue weighted by Crippen LogP contribution is 2.24. The van der Waals surface area contributed by atoms with Gasteiger partial charge in [0.1, 0.15) is 18.1 Å². The van der Waals surface area contributed by atoms with Crippen LogP contribution in [0.1, 0.15) is 0 Å². The van der Waals surface area contributed by atoms with Gasteiger partial charge in [-0.3, -0.25) is 4.72 Å². The third-order valence-corrected chi connectivity index (χ3v) is 5.30. The summed E-state index contributed by atoms with van der Waals surface area (Å²) >= 11 is 0. The van der Waals surface area contributed by atoms with Crippen LogP contribution < -0.4 is 14.4 Å². The van der Waals surface area contributed by atoms with E-state index in [0.29, 0.717) is 11.4 Å². The van der Waals surface area contributed by atoms with Crippen LogP contribution in [0.4, 0.5) is 11.4 Å². The smallest absolute Gasteiger partial charge is 0.236 e. The number of benzene rings is 2. The quantitative estimate of drug-likeness (QED) is 0.781. The Morgan fingerprint density at radius 2 is 1.76 bits per heavy atom. The molecule has 1 aliphatic heterocycles. The Kier molecular flexibility index (Phi) is 5.45. The molecule has 0 unspecified atom stereocenters. The maximum atomic E-state index is 12.1. The molecule has 0 atom stereocenters. The minimum atomic E-state index is -3.45. The Morgan fingerprint density at radius 1 is 1.08 bits per heavy atom. The van der Waals surface area contributed by atoms with Crippen LogP contribution in [0.2, 0.25) is 0 Å². The van der Waals surface area contributed by atoms with Crippen molar-refractivity contribution in [1.29, 1.82) is 0 Å². The van der Waals surface area contributed by atoms with Gasteiger partial charge in [-0.2, -0.15) is 0 Å². The van der Waals surface area contributed by atoms with Crippen molar-refractivity contribution in [2.45, 2.75) is 6.10 Å². The molecule has 25 heavy (non-hydrogen) atoms. The van der Waals surface area contributed by atoms with Crippen molar-refractivity contribution in [3.05, 3.63) is 54.6 Å². The molecule has 2 aromatic carbocycles. The van der Waals surface area contributed by atoms with Gasteiger partial charge in [0.25, 0.3) is 0 Å². The highest BCUT2D eigenvalue weighted by molar-refractivity contribution is 7.92. The topological polar surface area (TPSA) is 67.9 Å². The van der Waals surface area contributed by atoms with Crippen molar-refractivity contribution in [3.8, 4) is 5.75 Å². The van der Waals surface area contributed by atoms with E-state index in [1.165, 1.54) is 0 Å². The normalized spacial score (nSPS) is 14.8. The number of para-hydroxylation sites is 1. The standard InChI is InChI=1S/C18H22N2O4S/c1-23-18-13-20(14-18)16-9-7-15(8-10-16)19-25(21,22)12-11-24-17-5-3-2-4-6-17/h2-10,18-19H,11-14H2,1H3. The van der Waals surface area contributed by atoms with Gasteiger partial charge in [-0.25, -0.2) is 8.42 Å². The lowest BCUT2D eigenvalue weighted by Crippen LogP contribution is -2.51. The zero-order valence-electron chi connectivity index (χ0n) is 14.1. The Morgan fingerprint density at radius 3 is 2.40 bits per heavy atom. The maximum Gasteiger partial charge on any atom is 0.236 e. The van der Waals surface area contributed by atoms with E-state index in [-0.39, 0.29) is 18.5 Å². The van der Waals surface area contributed by atoms with Crippen LogP contribution >= 0.6 is 0 Å². The molecule has 1 heterocycles. The second kappa shape index (κ2) is 7.76. The van der Waals surface area contributed by atoms with Crippen LogP contribution in [0.25, 0.3) is 0 Å². The Labute approximate surface area is 148 Å². The van der Waals surface area contributed by atoms with Crippen molar-refractivity contribution in [1.82, 2.24) is 0 Å². The summed E-state index contributed by atoms with van der Waals surface area (Å²) in [6, 6.07) is 16.5. The molecule has 0 spiro atoms. The summed E-state index contributed by atoms with van der Waals surface area (Å²) in [6.45, 7) is 1.82. The van der Waals surface area contributed by atoms with Gasteiger partial charge < -0.3 is 14.4 Å². The fraction of sp³-hybridized carbons (Fsp3) is 0.333. The first-order chi connectivity index (χ1) is 12.1. The van der Waals surface area contributed by atoms with Crippen LogP contribution in [-0.4, -0.2) is 47.1 Å². The molecular formula is C18H22N2O4S. The van der Waals surface area contributed by atoms with E-state index in [2.05, 4.69) is 9.62 Å². The predicted octanol–water partition coefficient (Wildman–Crippen LogP) is 2.34. The van der Waals surface area contributed by atoms with E-state index in [1.54, 1.807) is 31.4 Å². The lowest BCUT2D eigenvalue weighted by Gasteiger charge is -2.40. The summed E-state index contributed by atoms with van der Waals surface area (Å²) in [4.78, 5) is 2.18. The van der Waals surface area contributed by atoms with Crippen molar-refractivity contribution in [2.24, 2.45) is 0 Å². The van der Waals surface area contributed by atoms with Crippen LogP contribution in [0.5, 0.6) is 5.75 Å². The number of hydrogen-bond donors (Lipinski definition) is 1. The summed E-state index contributed by atoms with van der Waals surface area (Å²) in [5.41, 5.74) is 1.61. The van der Waals surface area contributed by atoms with Gasteiger partial charge in [0.05, 0.1) is 6.10 Å². The summed E-state index contributed by atoms with van der Waals surface area (Å²) in [5, 5.41) is 0. The van der Waals surface area contributed by atoms with Gasteiger partial charge in [0.2, 0.25) is 10.0 Å². The third kappa shape index (κ3) is 4.87. The van der Waals surface area contributed by atoms with E-state index in [4.69, 9.17) is 9.47 Å². The molecule has 1 aliphatic rings. The lowest BCUT2D eigenvalue weighted by atomic mass is 10.1. The largest absolute Gasteiger partial charge is 0.492 e. The summed E-state index contributed by atoms with van der Waals surface area (Å²) in [5.74, 6) is 0.552. The molecule has 0 aromatic heterocycles. The number of methoxy groups -OCH3 is 1. The van der Waals surface area contributed by atoms with Crippen LogP contribution in [0.3, 0.4) is 0 Å². The number of hydrogen-bond acceptors (Lipinski definition) is 5. The summed E-state index contributed by atoms with van der Waals surface area (Å²) in [7, 11) is -1.74. The first kappa shape index (κ1) is 17.6. The monoisotopic (exact) mass is 362 g/mol. The SMILES string of the molecule is COC1CN(c2ccc(NS(=O)(=O)CCOc3ccccc3)cc2)C1. The molecule has 1 fully saturated rings. The molecule has 134 valence electrons. The second-order valence-electron chi connectivity index (χ2n) is 5.89. The zero-order chi connectivity index (χ0) is 17.7. The van der Waals surface area contributed by atoms with E-state index in [1.807, 2.05) is 30.3 Å².